The topological polar surface area (TPSA) is 84.2 Å². The van der Waals surface area contributed by atoms with E-state index in [2.05, 4.69) is 15.2 Å². The zero-order chi connectivity index (χ0) is 21.6. The summed E-state index contributed by atoms with van der Waals surface area (Å²) in [6, 6.07) is 17.4. The monoisotopic (exact) mass is 418 g/mol. The van der Waals surface area contributed by atoms with Gasteiger partial charge in [0, 0.05) is 18.4 Å². The van der Waals surface area contributed by atoms with Crippen molar-refractivity contribution in [3.8, 4) is 5.75 Å². The number of aromatic amines is 1. The first-order valence-corrected chi connectivity index (χ1v) is 10.6. The summed E-state index contributed by atoms with van der Waals surface area (Å²) < 4.78 is 11.6. The van der Waals surface area contributed by atoms with Crippen molar-refractivity contribution < 1.29 is 13.9 Å². The molecule has 7 nitrogen and oxygen atoms in total. The minimum absolute atomic E-state index is 0.0449. The van der Waals surface area contributed by atoms with Gasteiger partial charge in [0.05, 0.1) is 29.9 Å². The number of hydrogen-bond donors (Lipinski definition) is 1. The fourth-order valence-electron chi connectivity index (χ4n) is 3.60. The third-order valence-electron chi connectivity index (χ3n) is 5.10. The Morgan fingerprint density at radius 2 is 1.90 bits per heavy atom. The largest absolute Gasteiger partial charge is 0.484 e. The van der Waals surface area contributed by atoms with Gasteiger partial charge in [-0.1, -0.05) is 50.2 Å². The molecule has 160 valence electrons. The van der Waals surface area contributed by atoms with E-state index in [1.54, 1.807) is 0 Å². The molecule has 0 spiro atoms. The van der Waals surface area contributed by atoms with Crippen LogP contribution in [0.3, 0.4) is 0 Å². The molecule has 0 saturated heterocycles. The van der Waals surface area contributed by atoms with Gasteiger partial charge in [-0.3, -0.25) is 9.89 Å². The van der Waals surface area contributed by atoms with Crippen LogP contribution in [0, 0.1) is 0 Å². The molecule has 4 aromatic rings. The van der Waals surface area contributed by atoms with Crippen molar-refractivity contribution in [2.24, 2.45) is 0 Å². The quantitative estimate of drug-likeness (QED) is 0.523. The van der Waals surface area contributed by atoms with Crippen molar-refractivity contribution >= 4 is 16.8 Å². The normalized spacial score (nSPS) is 12.8. The van der Waals surface area contributed by atoms with Crippen LogP contribution in [-0.2, 0) is 30.8 Å². The van der Waals surface area contributed by atoms with Gasteiger partial charge in [-0.05, 0) is 18.2 Å². The van der Waals surface area contributed by atoms with E-state index in [1.807, 2.05) is 73.3 Å². The number of nitrogens with zero attached hydrogens (tertiary/aromatic N) is 3. The number of ether oxygens (including phenoxy) is 1. The maximum atomic E-state index is 12.8. The van der Waals surface area contributed by atoms with Crippen molar-refractivity contribution in [1.29, 1.82) is 0 Å². The highest BCUT2D eigenvalue weighted by molar-refractivity contribution is 5.87. The number of para-hydroxylation sites is 2. The summed E-state index contributed by atoms with van der Waals surface area (Å²) in [7, 11) is 0. The summed E-state index contributed by atoms with van der Waals surface area (Å²) in [6.07, 6.45) is 0.966. The smallest absolute Gasteiger partial charge is 0.232 e. The molecular formula is C24H26N4O3. The Kier molecular flexibility index (Phi) is 6.31. The number of oxazole rings is 1. The number of benzene rings is 2. The van der Waals surface area contributed by atoms with Gasteiger partial charge in [-0.25, -0.2) is 4.98 Å². The minimum atomic E-state index is 0.0449. The van der Waals surface area contributed by atoms with Gasteiger partial charge in [-0.15, -0.1) is 0 Å². The van der Waals surface area contributed by atoms with Crippen molar-refractivity contribution in [3.63, 3.8) is 0 Å². The van der Waals surface area contributed by atoms with E-state index in [0.29, 0.717) is 25.4 Å². The summed E-state index contributed by atoms with van der Waals surface area (Å²) >= 11 is 0. The number of fused-ring (bicyclic) bond motifs is 2. The molecule has 1 N–H and O–H groups in total. The van der Waals surface area contributed by atoms with E-state index in [4.69, 9.17) is 9.15 Å². The standard InChI is InChI=1S/C22H20N4O3.C2H6/c27-22(12-19-16-8-4-5-9-17(16)24-25-19)26-11-10-18-20(13-26)29-21(23-18)14-28-15-6-2-1-3-7-15;1-2/h1-9H,10-14H2,(H,24,25);1-2H3. The molecule has 1 amide bonds. The number of H-pyrrole nitrogens is 1. The zero-order valence-corrected chi connectivity index (χ0v) is 17.8. The van der Waals surface area contributed by atoms with Crippen LogP contribution in [0.5, 0.6) is 5.75 Å². The Morgan fingerprint density at radius 3 is 2.74 bits per heavy atom. The van der Waals surface area contributed by atoms with Gasteiger partial charge in [0.2, 0.25) is 11.8 Å². The Bertz CT molecular complexity index is 1150. The van der Waals surface area contributed by atoms with E-state index >= 15 is 0 Å². The van der Waals surface area contributed by atoms with Gasteiger partial charge >= 0.3 is 0 Å². The van der Waals surface area contributed by atoms with Crippen molar-refractivity contribution in [2.75, 3.05) is 6.54 Å². The van der Waals surface area contributed by atoms with Gasteiger partial charge in [-0.2, -0.15) is 5.10 Å². The van der Waals surface area contributed by atoms with E-state index in [1.165, 1.54) is 0 Å². The number of aromatic nitrogens is 3. The van der Waals surface area contributed by atoms with Crippen molar-refractivity contribution in [1.82, 2.24) is 20.1 Å². The molecule has 1 aliphatic heterocycles. The summed E-state index contributed by atoms with van der Waals surface area (Å²) in [5, 5.41) is 8.24. The van der Waals surface area contributed by atoms with Gasteiger partial charge in [0.25, 0.3) is 0 Å². The molecule has 5 rings (SSSR count). The van der Waals surface area contributed by atoms with Crippen LogP contribution in [0.25, 0.3) is 10.9 Å². The van der Waals surface area contributed by atoms with Crippen LogP contribution in [0.15, 0.2) is 59.0 Å². The Morgan fingerprint density at radius 1 is 1.13 bits per heavy atom. The number of amides is 1. The lowest BCUT2D eigenvalue weighted by Gasteiger charge is -2.25. The fourth-order valence-corrected chi connectivity index (χ4v) is 3.60. The summed E-state index contributed by atoms with van der Waals surface area (Å²) in [5.74, 6) is 2.09. The van der Waals surface area contributed by atoms with E-state index in [9.17, 15) is 4.79 Å². The van der Waals surface area contributed by atoms with Crippen LogP contribution in [0.2, 0.25) is 0 Å². The Labute approximate surface area is 181 Å². The molecule has 0 radical (unpaired) electrons. The van der Waals surface area contributed by atoms with Gasteiger partial charge < -0.3 is 14.1 Å². The molecule has 2 aromatic heterocycles. The van der Waals surface area contributed by atoms with Crippen molar-refractivity contribution in [3.05, 3.63) is 77.6 Å². The maximum Gasteiger partial charge on any atom is 0.232 e. The van der Waals surface area contributed by atoms with Crippen molar-refractivity contribution in [2.45, 2.75) is 39.8 Å². The molecular weight excluding hydrogens is 392 g/mol. The highest BCUT2D eigenvalue weighted by Crippen LogP contribution is 2.23. The molecule has 1 aliphatic rings. The second kappa shape index (κ2) is 9.47. The highest BCUT2D eigenvalue weighted by atomic mass is 16.5. The maximum absolute atomic E-state index is 12.8. The van der Waals surface area contributed by atoms with Crippen LogP contribution >= 0.6 is 0 Å². The third kappa shape index (κ3) is 4.60. The molecule has 0 fully saturated rings. The first-order valence-electron chi connectivity index (χ1n) is 10.6. The number of hydrogen-bond acceptors (Lipinski definition) is 5. The number of rotatable bonds is 5. The van der Waals surface area contributed by atoms with Crippen LogP contribution in [-0.4, -0.2) is 32.5 Å². The van der Waals surface area contributed by atoms with Gasteiger partial charge in [0.15, 0.2) is 6.61 Å². The first kappa shape index (κ1) is 20.7. The highest BCUT2D eigenvalue weighted by Gasteiger charge is 2.26. The molecule has 0 saturated carbocycles. The van der Waals surface area contributed by atoms with Crippen LogP contribution in [0.1, 0.15) is 36.9 Å². The van der Waals surface area contributed by atoms with E-state index < -0.39 is 0 Å². The second-order valence-electron chi connectivity index (χ2n) is 7.04. The lowest BCUT2D eigenvalue weighted by molar-refractivity contribution is -0.131. The lowest BCUT2D eigenvalue weighted by atomic mass is 10.1. The molecule has 7 heteroatoms. The molecule has 31 heavy (non-hydrogen) atoms. The Hall–Kier alpha value is -3.61. The molecule has 2 aromatic carbocycles. The molecule has 0 bridgehead atoms. The summed E-state index contributed by atoms with van der Waals surface area (Å²) in [5.41, 5.74) is 2.62. The second-order valence-corrected chi connectivity index (χ2v) is 7.04. The Balaban J connectivity index is 0.00000112. The third-order valence-corrected chi connectivity index (χ3v) is 5.10. The van der Waals surface area contributed by atoms with Crippen LogP contribution < -0.4 is 4.74 Å². The summed E-state index contributed by atoms with van der Waals surface area (Å²) in [4.78, 5) is 19.2. The predicted molar refractivity (Wildman–Crippen MR) is 118 cm³/mol. The molecule has 0 unspecified atom stereocenters. The fraction of sp³-hybridized carbons (Fsp3) is 0.292. The molecule has 0 atom stereocenters. The van der Waals surface area contributed by atoms with E-state index in [0.717, 1.165) is 33.8 Å². The number of carbonyl (C=O) groups excluding carboxylic acids is 1. The van der Waals surface area contributed by atoms with E-state index in [-0.39, 0.29) is 18.9 Å². The first-order chi connectivity index (χ1) is 15.3. The molecule has 3 heterocycles. The lowest BCUT2D eigenvalue weighted by Crippen LogP contribution is -2.36. The summed E-state index contributed by atoms with van der Waals surface area (Å²) in [6.45, 7) is 5.33. The average molecular weight is 418 g/mol. The predicted octanol–water partition coefficient (Wildman–Crippen LogP) is 4.28. The SMILES string of the molecule is CC.O=C(Cc1[nH]nc2ccccc12)N1CCc2nc(COc3ccccc3)oc2C1. The number of carbonyl (C=O) groups is 1. The number of nitrogens with one attached hydrogen (secondary N) is 1. The zero-order valence-electron chi connectivity index (χ0n) is 17.8. The molecule has 0 aliphatic carbocycles. The average Bonchev–Trinajstić information content (AvgIpc) is 3.43. The minimum Gasteiger partial charge on any atom is -0.484 e. The van der Waals surface area contributed by atoms with Gasteiger partial charge in [0.1, 0.15) is 11.5 Å². The van der Waals surface area contributed by atoms with Crippen LogP contribution in [0.4, 0.5) is 0 Å².